The molecular weight excluding hydrogens is 443 g/mol. The maximum Gasteiger partial charge on any atom is 0.320 e. The van der Waals surface area contributed by atoms with Crippen molar-refractivity contribution in [3.05, 3.63) is 81.7 Å². The third-order valence-electron chi connectivity index (χ3n) is 6.16. The highest BCUT2D eigenvalue weighted by atomic mass is 19.2. The van der Waals surface area contributed by atoms with Gasteiger partial charge in [0.05, 0.1) is 13.1 Å². The average Bonchev–Trinajstić information content (AvgIpc) is 2.81. The molecule has 5 nitrogen and oxygen atoms in total. The number of aryl methyl sites for hydroxylation is 1. The second-order valence-corrected chi connectivity index (χ2v) is 8.78. The minimum absolute atomic E-state index is 0.0583. The lowest BCUT2D eigenvalue weighted by Gasteiger charge is -2.38. The maximum absolute atomic E-state index is 13.7. The number of hydrogen-bond donors (Lipinski definition) is 0. The van der Waals surface area contributed by atoms with Gasteiger partial charge in [-0.1, -0.05) is 12.1 Å². The van der Waals surface area contributed by atoms with Gasteiger partial charge in [0.15, 0.2) is 17.4 Å². The van der Waals surface area contributed by atoms with Crippen molar-refractivity contribution in [1.82, 2.24) is 14.7 Å². The largest absolute Gasteiger partial charge is 0.322 e. The predicted octanol–water partition coefficient (Wildman–Crippen LogP) is 4.13. The van der Waals surface area contributed by atoms with E-state index in [0.29, 0.717) is 40.9 Å². The normalized spacial score (nSPS) is 19.9. The molecule has 0 radical (unpaired) electrons. The fraction of sp³-hybridized carbons (Fsp3) is 0.308. The van der Waals surface area contributed by atoms with E-state index >= 15 is 0 Å². The highest BCUT2D eigenvalue weighted by molar-refractivity contribution is 6.15. The summed E-state index contributed by atoms with van der Waals surface area (Å²) in [6, 6.07) is 7.76. The van der Waals surface area contributed by atoms with Gasteiger partial charge in [0, 0.05) is 37.3 Å². The van der Waals surface area contributed by atoms with Crippen LogP contribution in [0.3, 0.4) is 0 Å². The molecule has 0 bridgehead atoms. The molecule has 0 spiro atoms. The number of halogens is 3. The van der Waals surface area contributed by atoms with E-state index in [1.165, 1.54) is 18.2 Å². The average molecular weight is 470 g/mol. The minimum Gasteiger partial charge on any atom is -0.322 e. The number of urea groups is 1. The number of carbonyl (C=O) groups is 2. The first-order valence-electron chi connectivity index (χ1n) is 11.1. The van der Waals surface area contributed by atoms with Gasteiger partial charge in [0.2, 0.25) is 0 Å². The van der Waals surface area contributed by atoms with E-state index in [2.05, 4.69) is 4.90 Å². The molecule has 2 aromatic carbocycles. The van der Waals surface area contributed by atoms with Crippen LogP contribution in [0.1, 0.15) is 16.7 Å². The summed E-state index contributed by atoms with van der Waals surface area (Å²) in [5, 5.41) is 0. The van der Waals surface area contributed by atoms with Gasteiger partial charge >= 0.3 is 6.03 Å². The van der Waals surface area contributed by atoms with Crippen LogP contribution in [-0.4, -0.2) is 72.8 Å². The Balaban J connectivity index is 1.68. The van der Waals surface area contributed by atoms with Crippen molar-refractivity contribution in [2.24, 2.45) is 0 Å². The van der Waals surface area contributed by atoms with E-state index in [4.69, 9.17) is 0 Å². The van der Waals surface area contributed by atoms with Gasteiger partial charge < -0.3 is 14.7 Å². The number of piperazine rings is 1. The number of Topliss-reactive ketones (excluding diaryl/α,β-unsaturated/α-hetero) is 1. The number of carbonyl (C=O) groups excluding carboxylic acids is 2. The Morgan fingerprint density at radius 2 is 1.35 bits per heavy atom. The van der Waals surface area contributed by atoms with E-state index in [1.54, 1.807) is 34.9 Å². The van der Waals surface area contributed by atoms with Crippen LogP contribution in [0.2, 0.25) is 0 Å². The summed E-state index contributed by atoms with van der Waals surface area (Å²) in [6.45, 7) is 4.48. The molecule has 2 heterocycles. The van der Waals surface area contributed by atoms with Gasteiger partial charge in [0.1, 0.15) is 5.82 Å². The lowest BCUT2D eigenvalue weighted by atomic mass is 9.94. The molecule has 0 saturated carbocycles. The Bertz CT molecular complexity index is 1110. The molecule has 0 unspecified atom stereocenters. The van der Waals surface area contributed by atoms with Crippen molar-refractivity contribution >= 4 is 24.0 Å². The molecule has 2 fully saturated rings. The van der Waals surface area contributed by atoms with Crippen molar-refractivity contribution in [2.45, 2.75) is 6.92 Å². The fourth-order valence-corrected chi connectivity index (χ4v) is 4.13. The number of likely N-dealkylation sites (tertiary alicyclic amines) is 1. The standard InChI is InChI=1S/C26H26F3N3O2/c1-17-11-18(3-5-22(17)27)12-20-15-32(26(34)31-9-7-30(2)8-10-31)16-21(25(20)33)13-19-4-6-23(28)24(29)14-19/h3-6,11-14H,7-10,15-16H2,1-2H3/b20-12+,21-13+. The zero-order valence-corrected chi connectivity index (χ0v) is 19.2. The third kappa shape index (κ3) is 5.22. The number of benzene rings is 2. The molecule has 2 aromatic rings. The van der Waals surface area contributed by atoms with Crippen LogP contribution in [0.25, 0.3) is 12.2 Å². The van der Waals surface area contributed by atoms with E-state index in [0.717, 1.165) is 25.2 Å². The SMILES string of the molecule is Cc1cc(/C=C2\CN(C(=O)N3CCN(C)CC3)C/C(=C\c3ccc(F)c(F)c3)C2=O)ccc1F. The molecule has 178 valence electrons. The van der Waals surface area contributed by atoms with E-state index in [9.17, 15) is 22.8 Å². The predicted molar refractivity (Wildman–Crippen MR) is 124 cm³/mol. The molecule has 2 aliphatic heterocycles. The topological polar surface area (TPSA) is 43.9 Å². The lowest BCUT2D eigenvalue weighted by Crippen LogP contribution is -2.54. The molecule has 0 atom stereocenters. The minimum atomic E-state index is -1.01. The first-order valence-corrected chi connectivity index (χ1v) is 11.1. The number of amides is 2. The molecule has 2 saturated heterocycles. The number of likely N-dealkylation sites (N-methyl/N-ethyl adjacent to an activating group) is 1. The molecular formula is C26H26F3N3O2. The van der Waals surface area contributed by atoms with Crippen molar-refractivity contribution in [1.29, 1.82) is 0 Å². The highest BCUT2D eigenvalue weighted by Crippen LogP contribution is 2.24. The molecule has 4 rings (SSSR count). The van der Waals surface area contributed by atoms with Crippen molar-refractivity contribution in [2.75, 3.05) is 46.3 Å². The number of rotatable bonds is 2. The van der Waals surface area contributed by atoms with Gasteiger partial charge in [-0.25, -0.2) is 18.0 Å². The Hall–Kier alpha value is -3.39. The van der Waals surface area contributed by atoms with Gasteiger partial charge in [0.25, 0.3) is 0 Å². The van der Waals surface area contributed by atoms with Crippen LogP contribution < -0.4 is 0 Å². The van der Waals surface area contributed by atoms with Crippen LogP contribution in [0.15, 0.2) is 47.5 Å². The van der Waals surface area contributed by atoms with Gasteiger partial charge in [-0.2, -0.15) is 0 Å². The summed E-state index contributed by atoms with van der Waals surface area (Å²) < 4.78 is 40.8. The Kier molecular flexibility index (Phi) is 6.88. The van der Waals surface area contributed by atoms with Crippen LogP contribution in [0, 0.1) is 24.4 Å². The zero-order valence-electron chi connectivity index (χ0n) is 19.2. The number of hydrogen-bond acceptors (Lipinski definition) is 3. The van der Waals surface area contributed by atoms with Gasteiger partial charge in [-0.15, -0.1) is 0 Å². The highest BCUT2D eigenvalue weighted by Gasteiger charge is 2.32. The first-order chi connectivity index (χ1) is 16.2. The van der Waals surface area contributed by atoms with Crippen LogP contribution in [0.5, 0.6) is 0 Å². The Morgan fingerprint density at radius 3 is 1.91 bits per heavy atom. The first kappa shape index (κ1) is 23.8. The van der Waals surface area contributed by atoms with E-state index in [-0.39, 0.29) is 30.7 Å². The second kappa shape index (κ2) is 9.85. The maximum atomic E-state index is 13.7. The summed E-state index contributed by atoms with van der Waals surface area (Å²) in [4.78, 5) is 32.0. The van der Waals surface area contributed by atoms with Crippen LogP contribution in [-0.2, 0) is 4.79 Å². The smallest absolute Gasteiger partial charge is 0.320 e. The van der Waals surface area contributed by atoms with Crippen molar-refractivity contribution < 1.29 is 22.8 Å². The monoisotopic (exact) mass is 469 g/mol. The van der Waals surface area contributed by atoms with Crippen LogP contribution in [0.4, 0.5) is 18.0 Å². The van der Waals surface area contributed by atoms with Crippen molar-refractivity contribution in [3.63, 3.8) is 0 Å². The number of ketones is 1. The van der Waals surface area contributed by atoms with E-state index in [1.807, 2.05) is 7.05 Å². The van der Waals surface area contributed by atoms with Crippen molar-refractivity contribution in [3.8, 4) is 0 Å². The molecule has 34 heavy (non-hydrogen) atoms. The lowest BCUT2D eigenvalue weighted by molar-refractivity contribution is -0.113. The number of piperidine rings is 1. The summed E-state index contributed by atoms with van der Waals surface area (Å²) >= 11 is 0. The quantitative estimate of drug-likeness (QED) is 0.622. The summed E-state index contributed by atoms with van der Waals surface area (Å²) in [5.41, 5.74) is 2.08. The molecule has 2 amide bonds. The second-order valence-electron chi connectivity index (χ2n) is 8.78. The molecule has 8 heteroatoms. The fourth-order valence-electron chi connectivity index (χ4n) is 4.13. The zero-order chi connectivity index (χ0) is 24.4. The molecule has 0 aromatic heterocycles. The molecule has 0 N–H and O–H groups in total. The van der Waals surface area contributed by atoms with Gasteiger partial charge in [-0.05, 0) is 67.1 Å². The third-order valence-corrected chi connectivity index (χ3v) is 6.16. The molecule has 2 aliphatic rings. The van der Waals surface area contributed by atoms with E-state index < -0.39 is 11.6 Å². The summed E-state index contributed by atoms with van der Waals surface area (Å²) in [7, 11) is 2.00. The van der Waals surface area contributed by atoms with Gasteiger partial charge in [-0.3, -0.25) is 4.79 Å². The van der Waals surface area contributed by atoms with Crippen LogP contribution >= 0.6 is 0 Å². The summed E-state index contributed by atoms with van der Waals surface area (Å²) in [5.74, 6) is -2.62. The Morgan fingerprint density at radius 1 is 0.794 bits per heavy atom. The Labute approximate surface area is 196 Å². The number of nitrogens with zero attached hydrogens (tertiary/aromatic N) is 3. The molecule has 0 aliphatic carbocycles. The summed E-state index contributed by atoms with van der Waals surface area (Å²) in [6.07, 6.45) is 3.13.